The third kappa shape index (κ3) is 3.01. The smallest absolute Gasteiger partial charge is 0.323 e. The molecule has 14 heavy (non-hydrogen) atoms. The van der Waals surface area contributed by atoms with Gasteiger partial charge < -0.3 is 10.0 Å². The summed E-state index contributed by atoms with van der Waals surface area (Å²) in [7, 11) is 0. The van der Waals surface area contributed by atoms with E-state index in [9.17, 15) is 4.79 Å². The van der Waals surface area contributed by atoms with Crippen LogP contribution < -0.4 is 4.90 Å². The fourth-order valence-electron chi connectivity index (χ4n) is 1.18. The molecule has 0 radical (unpaired) electrons. The molecule has 0 fully saturated rings. The van der Waals surface area contributed by atoms with Gasteiger partial charge in [-0.2, -0.15) is 0 Å². The van der Waals surface area contributed by atoms with Crippen LogP contribution in [0.2, 0.25) is 0 Å². The lowest BCUT2D eigenvalue weighted by atomic mass is 10.4. The molecule has 1 aromatic heterocycles. The first-order valence-corrected chi connectivity index (χ1v) is 4.46. The van der Waals surface area contributed by atoms with E-state index in [0.29, 0.717) is 12.4 Å². The molecule has 0 saturated heterocycles. The number of carboxylic acids is 1. The maximum Gasteiger partial charge on any atom is 0.323 e. The lowest BCUT2D eigenvalue weighted by molar-refractivity contribution is -0.135. The molecule has 0 amide bonds. The highest BCUT2D eigenvalue weighted by Crippen LogP contribution is 2.07. The molecule has 1 rings (SSSR count). The Morgan fingerprint density at radius 3 is 2.93 bits per heavy atom. The third-order valence-electron chi connectivity index (χ3n) is 1.71. The molecule has 5 nitrogen and oxygen atoms in total. The molecule has 0 saturated carbocycles. The highest BCUT2D eigenvalue weighted by atomic mass is 16.4. The summed E-state index contributed by atoms with van der Waals surface area (Å²) in [6.07, 6.45) is 3.91. The summed E-state index contributed by atoms with van der Waals surface area (Å²) in [5.41, 5.74) is 0. The van der Waals surface area contributed by atoms with Crippen LogP contribution in [0.5, 0.6) is 0 Å². The molecule has 1 aromatic rings. The van der Waals surface area contributed by atoms with E-state index in [2.05, 4.69) is 9.97 Å². The van der Waals surface area contributed by atoms with Gasteiger partial charge in [-0.3, -0.25) is 4.79 Å². The number of rotatable bonds is 5. The van der Waals surface area contributed by atoms with Crippen LogP contribution in [0.25, 0.3) is 0 Å². The zero-order chi connectivity index (χ0) is 10.4. The van der Waals surface area contributed by atoms with Crippen LogP contribution in [0.15, 0.2) is 18.6 Å². The number of hydrogen-bond donors (Lipinski definition) is 1. The summed E-state index contributed by atoms with van der Waals surface area (Å²) in [6, 6.07) is 1.71. The lowest BCUT2D eigenvalue weighted by Crippen LogP contribution is -2.31. The number of nitrogens with zero attached hydrogens (tertiary/aromatic N) is 3. The Labute approximate surface area is 82.4 Å². The molecule has 0 aromatic carbocycles. The fraction of sp³-hybridized carbons (Fsp3) is 0.444. The van der Waals surface area contributed by atoms with Gasteiger partial charge in [-0.05, 0) is 12.5 Å². The number of carbonyl (C=O) groups is 1. The van der Waals surface area contributed by atoms with Gasteiger partial charge in [-0.25, -0.2) is 9.97 Å². The molecular weight excluding hydrogens is 182 g/mol. The van der Waals surface area contributed by atoms with Crippen molar-refractivity contribution < 1.29 is 9.90 Å². The Morgan fingerprint density at radius 1 is 1.64 bits per heavy atom. The van der Waals surface area contributed by atoms with Crippen molar-refractivity contribution in [2.24, 2.45) is 0 Å². The second-order valence-electron chi connectivity index (χ2n) is 2.88. The maximum atomic E-state index is 10.6. The van der Waals surface area contributed by atoms with E-state index >= 15 is 0 Å². The first-order valence-electron chi connectivity index (χ1n) is 4.46. The van der Waals surface area contributed by atoms with Gasteiger partial charge in [-0.15, -0.1) is 0 Å². The molecule has 1 heterocycles. The minimum Gasteiger partial charge on any atom is -0.480 e. The molecule has 0 aliphatic rings. The zero-order valence-electron chi connectivity index (χ0n) is 8.05. The summed E-state index contributed by atoms with van der Waals surface area (Å²) in [4.78, 5) is 20.1. The van der Waals surface area contributed by atoms with Crippen LogP contribution in [0.1, 0.15) is 13.3 Å². The summed E-state index contributed by atoms with van der Waals surface area (Å²) >= 11 is 0. The minimum absolute atomic E-state index is 0.0230. The van der Waals surface area contributed by atoms with Gasteiger partial charge in [0.1, 0.15) is 18.7 Å². The van der Waals surface area contributed by atoms with Crippen LogP contribution in [0, 0.1) is 0 Å². The Hall–Kier alpha value is -1.65. The van der Waals surface area contributed by atoms with E-state index in [1.807, 2.05) is 6.92 Å². The Kier molecular flexibility index (Phi) is 3.84. The van der Waals surface area contributed by atoms with Crippen molar-refractivity contribution in [3.05, 3.63) is 18.6 Å². The van der Waals surface area contributed by atoms with Gasteiger partial charge in [0.2, 0.25) is 0 Å². The monoisotopic (exact) mass is 195 g/mol. The number of hydrogen-bond acceptors (Lipinski definition) is 4. The standard InChI is InChI=1S/C9H13N3O2/c1-2-5-12(6-9(13)14)8-3-4-10-7-11-8/h3-4,7H,2,5-6H2,1H3,(H,13,14). The van der Waals surface area contributed by atoms with E-state index in [1.54, 1.807) is 17.2 Å². The summed E-state index contributed by atoms with van der Waals surface area (Å²) in [6.45, 7) is 2.66. The summed E-state index contributed by atoms with van der Waals surface area (Å²) in [5, 5.41) is 8.69. The molecule has 76 valence electrons. The van der Waals surface area contributed by atoms with Crippen LogP contribution in [-0.4, -0.2) is 34.1 Å². The van der Waals surface area contributed by atoms with Gasteiger partial charge in [-0.1, -0.05) is 6.92 Å². The number of aromatic nitrogens is 2. The normalized spacial score (nSPS) is 9.79. The van der Waals surface area contributed by atoms with Gasteiger partial charge in [0, 0.05) is 12.7 Å². The highest BCUT2D eigenvalue weighted by Gasteiger charge is 2.09. The lowest BCUT2D eigenvalue weighted by Gasteiger charge is -2.20. The second-order valence-corrected chi connectivity index (χ2v) is 2.88. The van der Waals surface area contributed by atoms with E-state index in [1.165, 1.54) is 6.33 Å². The summed E-state index contributed by atoms with van der Waals surface area (Å²) < 4.78 is 0. The maximum absolute atomic E-state index is 10.6. The first-order chi connectivity index (χ1) is 6.74. The van der Waals surface area contributed by atoms with Crippen molar-refractivity contribution >= 4 is 11.8 Å². The first kappa shape index (κ1) is 10.4. The number of aliphatic carboxylic acids is 1. The van der Waals surface area contributed by atoms with Crippen LogP contribution in [0.3, 0.4) is 0 Å². The topological polar surface area (TPSA) is 66.3 Å². The van der Waals surface area contributed by atoms with Crippen LogP contribution in [-0.2, 0) is 4.79 Å². The number of carboxylic acid groups (broad SMARTS) is 1. The Balaban J connectivity index is 2.72. The minimum atomic E-state index is -0.850. The average Bonchev–Trinajstić information content (AvgIpc) is 2.18. The molecule has 0 bridgehead atoms. The largest absolute Gasteiger partial charge is 0.480 e. The molecule has 5 heteroatoms. The molecular formula is C9H13N3O2. The van der Waals surface area contributed by atoms with Crippen molar-refractivity contribution in [1.29, 1.82) is 0 Å². The van der Waals surface area contributed by atoms with Gasteiger partial charge in [0.25, 0.3) is 0 Å². The summed E-state index contributed by atoms with van der Waals surface area (Å²) in [5.74, 6) is -0.193. The quantitative estimate of drug-likeness (QED) is 0.752. The van der Waals surface area contributed by atoms with Gasteiger partial charge >= 0.3 is 5.97 Å². The molecule has 0 aliphatic heterocycles. The SMILES string of the molecule is CCCN(CC(=O)O)c1ccncn1. The van der Waals surface area contributed by atoms with E-state index in [-0.39, 0.29) is 6.54 Å². The van der Waals surface area contributed by atoms with Crippen LogP contribution in [0.4, 0.5) is 5.82 Å². The van der Waals surface area contributed by atoms with E-state index in [4.69, 9.17) is 5.11 Å². The van der Waals surface area contributed by atoms with Crippen molar-refractivity contribution in [2.75, 3.05) is 18.0 Å². The zero-order valence-corrected chi connectivity index (χ0v) is 8.05. The molecule has 0 spiro atoms. The number of anilines is 1. The molecule has 0 atom stereocenters. The molecule has 0 aliphatic carbocycles. The van der Waals surface area contributed by atoms with Crippen molar-refractivity contribution in [2.45, 2.75) is 13.3 Å². The fourth-order valence-corrected chi connectivity index (χ4v) is 1.18. The van der Waals surface area contributed by atoms with E-state index in [0.717, 1.165) is 6.42 Å². The predicted molar refractivity (Wildman–Crippen MR) is 52.2 cm³/mol. The molecule has 0 unspecified atom stereocenters. The molecule has 1 N–H and O–H groups in total. The second kappa shape index (κ2) is 5.16. The van der Waals surface area contributed by atoms with Gasteiger partial charge in [0.15, 0.2) is 0 Å². The third-order valence-corrected chi connectivity index (χ3v) is 1.71. The Bertz CT molecular complexity index is 289. The van der Waals surface area contributed by atoms with Gasteiger partial charge in [0.05, 0.1) is 0 Å². The van der Waals surface area contributed by atoms with Crippen LogP contribution >= 0.6 is 0 Å². The van der Waals surface area contributed by atoms with Crippen molar-refractivity contribution in [3.8, 4) is 0 Å². The predicted octanol–water partition coefficient (Wildman–Crippen LogP) is 0.778. The van der Waals surface area contributed by atoms with E-state index < -0.39 is 5.97 Å². The highest BCUT2D eigenvalue weighted by molar-refractivity contribution is 5.73. The average molecular weight is 195 g/mol. The van der Waals surface area contributed by atoms with Crippen molar-refractivity contribution in [3.63, 3.8) is 0 Å². The Morgan fingerprint density at radius 2 is 2.43 bits per heavy atom. The van der Waals surface area contributed by atoms with Crippen molar-refractivity contribution in [1.82, 2.24) is 9.97 Å².